The molecule has 2 aliphatic heterocycles. The molecule has 9 rings (SSSR count). The summed E-state index contributed by atoms with van der Waals surface area (Å²) in [6.07, 6.45) is 1.21. The predicted octanol–water partition coefficient (Wildman–Crippen LogP) is 5.62. The molecule has 0 spiro atoms. The fraction of sp³-hybridized carbons (Fsp3) is 0.324. The summed E-state index contributed by atoms with van der Waals surface area (Å²) < 4.78 is 38.5. The van der Waals surface area contributed by atoms with E-state index in [0.29, 0.717) is 23.0 Å². The maximum Gasteiger partial charge on any atom is 0.184 e. The number of halogens is 1. The molecule has 47 heavy (non-hydrogen) atoms. The highest BCUT2D eigenvalue weighted by molar-refractivity contribution is 7.18. The number of aryl methyl sites for hydroxylation is 1. The first-order chi connectivity index (χ1) is 23.0. The fourth-order valence-corrected chi connectivity index (χ4v) is 7.54. The average molecular weight is 652 g/mol. The molecule has 6 atom stereocenters. The number of aliphatic hydroxyl groups is 1. The summed E-state index contributed by atoms with van der Waals surface area (Å²) in [5.41, 5.74) is 4.35. The van der Waals surface area contributed by atoms with E-state index in [0.717, 1.165) is 44.9 Å². The number of benzene rings is 3. The van der Waals surface area contributed by atoms with Gasteiger partial charge in [-0.3, -0.25) is 0 Å². The van der Waals surface area contributed by atoms with Gasteiger partial charge >= 0.3 is 0 Å². The third-order valence-corrected chi connectivity index (χ3v) is 10.1. The highest BCUT2D eigenvalue weighted by atomic mass is 32.1. The summed E-state index contributed by atoms with van der Waals surface area (Å²) in [6, 6.07) is 20.0. The summed E-state index contributed by atoms with van der Waals surface area (Å²) in [4.78, 5) is 9.12. The number of hydrogen-bond acceptors (Lipinski definition) is 10. The second kappa shape index (κ2) is 11.4. The minimum atomic E-state index is -1.17. The Morgan fingerprint density at radius 1 is 1.02 bits per heavy atom. The summed E-state index contributed by atoms with van der Waals surface area (Å²) in [5.74, 6) is 0.476. The fourth-order valence-electron chi connectivity index (χ4n) is 6.68. The van der Waals surface area contributed by atoms with Gasteiger partial charge in [0.05, 0.1) is 33.7 Å². The lowest BCUT2D eigenvalue weighted by Crippen LogP contribution is -2.57. The van der Waals surface area contributed by atoms with E-state index in [1.165, 1.54) is 12.4 Å². The minimum Gasteiger partial charge on any atom is -0.388 e. The van der Waals surface area contributed by atoms with Crippen molar-refractivity contribution >= 4 is 21.6 Å². The van der Waals surface area contributed by atoms with E-state index >= 15 is 0 Å². The van der Waals surface area contributed by atoms with Crippen LogP contribution in [0.15, 0.2) is 79.3 Å². The number of aromatic nitrogens is 7. The van der Waals surface area contributed by atoms with Crippen molar-refractivity contribution in [3.8, 4) is 16.9 Å². The Kier molecular flexibility index (Phi) is 6.98. The zero-order chi connectivity index (χ0) is 31.6. The van der Waals surface area contributed by atoms with E-state index < -0.39 is 36.7 Å². The van der Waals surface area contributed by atoms with Gasteiger partial charge in [-0.1, -0.05) is 47.7 Å². The van der Waals surface area contributed by atoms with Gasteiger partial charge in [-0.15, -0.1) is 16.4 Å². The van der Waals surface area contributed by atoms with Crippen LogP contribution in [0.2, 0.25) is 0 Å². The highest BCUT2D eigenvalue weighted by Crippen LogP contribution is 2.45. The maximum absolute atomic E-state index is 15.0. The van der Waals surface area contributed by atoms with Gasteiger partial charge in [0, 0.05) is 11.1 Å². The van der Waals surface area contributed by atoms with Crippen molar-refractivity contribution < 1.29 is 23.7 Å². The molecule has 3 aliphatic rings. The molecule has 1 saturated carbocycles. The van der Waals surface area contributed by atoms with Crippen LogP contribution in [0, 0.1) is 12.7 Å². The predicted molar refractivity (Wildman–Crippen MR) is 169 cm³/mol. The molecule has 13 heteroatoms. The Bertz CT molecular complexity index is 2080. The second-order valence-electron chi connectivity index (χ2n) is 12.3. The Hall–Kier alpha value is -4.40. The van der Waals surface area contributed by atoms with Crippen molar-refractivity contribution in [3.63, 3.8) is 0 Å². The highest BCUT2D eigenvalue weighted by Gasteiger charge is 2.52. The van der Waals surface area contributed by atoms with Gasteiger partial charge < -0.3 is 19.3 Å². The quantitative estimate of drug-likeness (QED) is 0.245. The smallest absolute Gasteiger partial charge is 0.184 e. The molecule has 238 valence electrons. The van der Waals surface area contributed by atoms with Crippen LogP contribution in [0.1, 0.15) is 59.2 Å². The average Bonchev–Trinajstić information content (AvgIpc) is 3.43. The molecule has 1 aliphatic carbocycles. The van der Waals surface area contributed by atoms with Crippen molar-refractivity contribution in [1.82, 2.24) is 34.7 Å². The molecule has 3 aromatic carbocycles. The van der Waals surface area contributed by atoms with Crippen molar-refractivity contribution in [2.45, 2.75) is 62.4 Å². The zero-order valence-corrected chi connectivity index (χ0v) is 26.1. The number of thiazole rings is 1. The molecule has 1 unspecified atom stereocenters. The number of nitrogens with zero attached hydrogens (tertiary/aromatic N) is 7. The Labute approximate surface area is 272 Å². The zero-order valence-electron chi connectivity index (χ0n) is 25.3. The second-order valence-corrected chi connectivity index (χ2v) is 13.5. The topological polar surface area (TPSA) is 122 Å². The molecule has 0 bridgehead atoms. The van der Waals surface area contributed by atoms with Gasteiger partial charge in [-0.05, 0) is 55.5 Å². The Morgan fingerprint density at radius 3 is 2.72 bits per heavy atom. The monoisotopic (exact) mass is 651 g/mol. The molecule has 0 radical (unpaired) electrons. The van der Waals surface area contributed by atoms with Crippen LogP contribution < -0.4 is 0 Å². The van der Waals surface area contributed by atoms with Crippen LogP contribution in [0.4, 0.5) is 4.39 Å². The maximum atomic E-state index is 15.0. The first-order valence-corrected chi connectivity index (χ1v) is 16.5. The molecule has 2 saturated heterocycles. The summed E-state index contributed by atoms with van der Waals surface area (Å²) >= 11 is 1.59. The largest absolute Gasteiger partial charge is 0.388 e. The van der Waals surface area contributed by atoms with E-state index in [2.05, 4.69) is 25.4 Å². The van der Waals surface area contributed by atoms with E-state index in [4.69, 9.17) is 14.2 Å². The molecule has 5 heterocycles. The number of hydrogen-bond donors (Lipinski definition) is 1. The van der Waals surface area contributed by atoms with Crippen LogP contribution in [0.5, 0.6) is 0 Å². The summed E-state index contributed by atoms with van der Waals surface area (Å²) in [5, 5.41) is 26.5. The standard InChI is InChI=1S/C34H30FN7O4S/c1-18-38-25-12-10-22(14-28(25)47-18)42-33(36-17-37-42)32-30(43)29(31-27(45-32)16-44-34(46-31)20-5-3-2-4-6-20)41-15-26(39-40-41)21-9-11-23(19-7-8-19)24(35)13-21/h2-6,9-15,17,19,27,29-32,34,43H,7-8,16H2,1H3/t27-,29-,30-,31+,32-,34?/m1/s1. The SMILES string of the molecule is Cc1nc2ccc(-n3ncnc3[C@@H]3O[C@@H]4COC(c5ccccc5)O[C@@H]4[C@H](n4cc(-c5ccc(C6CC6)c(F)c5)nn4)[C@H]3O)cc2s1. The van der Waals surface area contributed by atoms with Crippen LogP contribution in [-0.2, 0) is 14.2 Å². The summed E-state index contributed by atoms with van der Waals surface area (Å²) in [6.45, 7) is 2.18. The van der Waals surface area contributed by atoms with Gasteiger partial charge in [-0.25, -0.2) is 23.7 Å². The molecule has 3 aromatic heterocycles. The third-order valence-electron chi connectivity index (χ3n) is 9.13. The lowest BCUT2D eigenvalue weighted by Gasteiger charge is -2.47. The first kappa shape index (κ1) is 28.8. The molecular formula is C34H30FN7O4S. The van der Waals surface area contributed by atoms with Crippen LogP contribution in [-0.4, -0.2) is 64.8 Å². The normalized spacial score (nSPS) is 26.0. The van der Waals surface area contributed by atoms with E-state index in [-0.39, 0.29) is 12.4 Å². The third kappa shape index (κ3) is 5.15. The van der Waals surface area contributed by atoms with E-state index in [1.807, 2.05) is 67.6 Å². The Morgan fingerprint density at radius 2 is 1.89 bits per heavy atom. The molecule has 6 aromatic rings. The van der Waals surface area contributed by atoms with E-state index in [1.54, 1.807) is 26.9 Å². The molecular weight excluding hydrogens is 621 g/mol. The van der Waals surface area contributed by atoms with Crippen molar-refractivity contribution in [2.24, 2.45) is 0 Å². The van der Waals surface area contributed by atoms with Gasteiger partial charge in [0.2, 0.25) is 0 Å². The van der Waals surface area contributed by atoms with Crippen LogP contribution in [0.3, 0.4) is 0 Å². The van der Waals surface area contributed by atoms with Gasteiger partial charge in [0.1, 0.15) is 48.3 Å². The van der Waals surface area contributed by atoms with Gasteiger partial charge in [0.15, 0.2) is 12.1 Å². The lowest BCUT2D eigenvalue weighted by atomic mass is 9.91. The molecule has 3 fully saturated rings. The van der Waals surface area contributed by atoms with Crippen LogP contribution >= 0.6 is 11.3 Å². The van der Waals surface area contributed by atoms with Crippen molar-refractivity contribution in [2.75, 3.05) is 6.61 Å². The first-order valence-electron chi connectivity index (χ1n) is 15.6. The van der Waals surface area contributed by atoms with Crippen LogP contribution in [0.25, 0.3) is 27.2 Å². The van der Waals surface area contributed by atoms with Crippen molar-refractivity contribution in [3.05, 3.63) is 107 Å². The molecule has 11 nitrogen and oxygen atoms in total. The van der Waals surface area contributed by atoms with Crippen molar-refractivity contribution in [1.29, 1.82) is 0 Å². The Balaban J connectivity index is 1.08. The summed E-state index contributed by atoms with van der Waals surface area (Å²) in [7, 11) is 0. The number of ether oxygens (including phenoxy) is 3. The molecule has 0 amide bonds. The molecule has 1 N–H and O–H groups in total. The number of fused-ring (bicyclic) bond motifs is 2. The van der Waals surface area contributed by atoms with E-state index in [9.17, 15) is 9.50 Å². The van der Waals surface area contributed by atoms with Gasteiger partial charge in [-0.2, -0.15) is 5.10 Å². The number of rotatable bonds is 6. The lowest BCUT2D eigenvalue weighted by molar-refractivity contribution is -0.319. The minimum absolute atomic E-state index is 0.208. The number of aliphatic hydroxyl groups excluding tert-OH is 1. The van der Waals surface area contributed by atoms with Gasteiger partial charge in [0.25, 0.3) is 0 Å².